The number of benzene rings is 9. The van der Waals surface area contributed by atoms with E-state index in [4.69, 9.17) is 0 Å². The molecule has 0 N–H and O–H groups in total. The van der Waals surface area contributed by atoms with Crippen molar-refractivity contribution >= 4 is 48.6 Å². The Kier molecular flexibility index (Phi) is 8.17. The van der Waals surface area contributed by atoms with Crippen LogP contribution in [0.25, 0.3) is 75.8 Å². The summed E-state index contributed by atoms with van der Waals surface area (Å²) in [5.74, 6) is 0. The summed E-state index contributed by atoms with van der Waals surface area (Å²) in [6.07, 6.45) is 0. The number of anilines is 3. The van der Waals surface area contributed by atoms with Crippen LogP contribution >= 0.6 is 11.3 Å². The minimum absolute atomic E-state index is 0.0817. The first-order chi connectivity index (χ1) is 30.3. The van der Waals surface area contributed by atoms with Crippen molar-refractivity contribution in [1.82, 2.24) is 0 Å². The topological polar surface area (TPSA) is 3.24 Å². The Labute approximate surface area is 368 Å². The third-order valence-corrected chi connectivity index (χ3v) is 15.1. The van der Waals surface area contributed by atoms with E-state index < -0.39 is 0 Å². The summed E-state index contributed by atoms with van der Waals surface area (Å²) in [4.78, 5) is 2.48. The van der Waals surface area contributed by atoms with Crippen LogP contribution in [0.15, 0.2) is 200 Å². The van der Waals surface area contributed by atoms with E-state index in [1.54, 1.807) is 0 Å². The lowest BCUT2D eigenvalue weighted by molar-refractivity contribution is 0.660. The van der Waals surface area contributed by atoms with Crippen LogP contribution in [0, 0.1) is 0 Å². The van der Waals surface area contributed by atoms with E-state index in [0.717, 1.165) is 11.4 Å². The fraction of sp³-hybridized carbons (Fsp3) is 0.100. The summed E-state index contributed by atoms with van der Waals surface area (Å²) < 4.78 is 2.67. The molecule has 0 unspecified atom stereocenters. The Morgan fingerprint density at radius 3 is 1.73 bits per heavy atom. The van der Waals surface area contributed by atoms with Gasteiger partial charge in [-0.1, -0.05) is 179 Å². The summed E-state index contributed by atoms with van der Waals surface area (Å²) in [7, 11) is 0. The number of nitrogens with zero attached hydrogens (tertiary/aromatic N) is 1. The van der Waals surface area contributed by atoms with Gasteiger partial charge in [0.05, 0.1) is 5.69 Å². The van der Waals surface area contributed by atoms with Crippen molar-refractivity contribution in [2.75, 3.05) is 4.90 Å². The highest BCUT2D eigenvalue weighted by Gasteiger charge is 2.39. The molecule has 10 aromatic rings. The zero-order valence-electron chi connectivity index (χ0n) is 35.4. The van der Waals surface area contributed by atoms with Crippen molar-refractivity contribution in [2.45, 2.75) is 38.5 Å². The van der Waals surface area contributed by atoms with Gasteiger partial charge in [-0.05, 0) is 126 Å². The summed E-state index contributed by atoms with van der Waals surface area (Å²) >= 11 is 1.89. The summed E-state index contributed by atoms with van der Waals surface area (Å²) in [5, 5.41) is 2.65. The highest BCUT2D eigenvalue weighted by Crippen LogP contribution is 2.55. The second kappa shape index (κ2) is 13.8. The molecule has 0 amide bonds. The fourth-order valence-electron chi connectivity index (χ4n) is 10.7. The van der Waals surface area contributed by atoms with Gasteiger partial charge in [0.1, 0.15) is 0 Å². The third-order valence-electron chi connectivity index (χ3n) is 13.9. The largest absolute Gasteiger partial charge is 0.310 e. The van der Waals surface area contributed by atoms with Crippen LogP contribution in [0.4, 0.5) is 17.1 Å². The van der Waals surface area contributed by atoms with Crippen molar-refractivity contribution < 1.29 is 0 Å². The van der Waals surface area contributed by atoms with E-state index in [-0.39, 0.29) is 10.8 Å². The molecule has 12 rings (SSSR count). The zero-order valence-corrected chi connectivity index (χ0v) is 36.2. The van der Waals surface area contributed by atoms with Gasteiger partial charge >= 0.3 is 0 Å². The molecule has 0 spiro atoms. The van der Waals surface area contributed by atoms with Gasteiger partial charge in [0.15, 0.2) is 0 Å². The van der Waals surface area contributed by atoms with E-state index in [9.17, 15) is 0 Å². The molecule has 0 saturated carbocycles. The van der Waals surface area contributed by atoms with Crippen molar-refractivity contribution in [3.63, 3.8) is 0 Å². The van der Waals surface area contributed by atoms with Crippen LogP contribution in [-0.4, -0.2) is 0 Å². The van der Waals surface area contributed by atoms with Crippen molar-refractivity contribution in [1.29, 1.82) is 0 Å². The molecule has 0 fully saturated rings. The van der Waals surface area contributed by atoms with Crippen LogP contribution in [0.1, 0.15) is 49.9 Å². The summed E-state index contributed by atoms with van der Waals surface area (Å²) in [6, 6.07) is 74.6. The quantitative estimate of drug-likeness (QED) is 0.162. The molecule has 0 radical (unpaired) electrons. The molecule has 1 heterocycles. The highest BCUT2D eigenvalue weighted by molar-refractivity contribution is 7.26. The lowest BCUT2D eigenvalue weighted by atomic mass is 9.81. The third kappa shape index (κ3) is 5.53. The second-order valence-corrected chi connectivity index (χ2v) is 19.1. The molecule has 296 valence electrons. The lowest BCUT2D eigenvalue weighted by Crippen LogP contribution is -2.20. The molecule has 2 heteroatoms. The van der Waals surface area contributed by atoms with Crippen LogP contribution in [0.3, 0.4) is 0 Å². The Morgan fingerprint density at radius 2 is 0.919 bits per heavy atom. The fourth-order valence-corrected chi connectivity index (χ4v) is 12.0. The molecule has 0 aliphatic heterocycles. The van der Waals surface area contributed by atoms with Gasteiger partial charge < -0.3 is 4.90 Å². The summed E-state index contributed by atoms with van der Waals surface area (Å²) in [6.45, 7) is 9.50. The van der Waals surface area contributed by atoms with E-state index in [0.29, 0.717) is 0 Å². The predicted octanol–water partition coefficient (Wildman–Crippen LogP) is 17.1. The smallest absolute Gasteiger partial charge is 0.0508 e. The van der Waals surface area contributed by atoms with Crippen molar-refractivity contribution in [3.05, 3.63) is 222 Å². The van der Waals surface area contributed by atoms with Crippen LogP contribution in [0.2, 0.25) is 0 Å². The Morgan fingerprint density at radius 1 is 0.355 bits per heavy atom. The van der Waals surface area contributed by atoms with Crippen LogP contribution in [-0.2, 0) is 10.8 Å². The molecule has 1 nitrogen and oxygen atoms in total. The van der Waals surface area contributed by atoms with Gasteiger partial charge in [-0.15, -0.1) is 11.3 Å². The first-order valence-corrected chi connectivity index (χ1v) is 22.6. The second-order valence-electron chi connectivity index (χ2n) is 18.1. The molecule has 0 saturated heterocycles. The maximum atomic E-state index is 2.48. The minimum atomic E-state index is -0.173. The van der Waals surface area contributed by atoms with E-state index >= 15 is 0 Å². The molecule has 1 aromatic heterocycles. The zero-order chi connectivity index (χ0) is 41.7. The van der Waals surface area contributed by atoms with E-state index in [1.807, 2.05) is 11.3 Å². The SMILES string of the molecule is CC1(C)c2ccc(-c3ccc(N(c4ccc(-c5cccc6c5sc5ccccc56)cc4)c4cccc5c4C(C)(C)c4ccccc4-5)cc3)cc2-c2ccc(-c3ccccc3)cc21. The maximum Gasteiger partial charge on any atom is 0.0508 e. The number of hydrogen-bond donors (Lipinski definition) is 0. The average Bonchev–Trinajstić information content (AvgIpc) is 3.89. The molecular weight excluding hydrogens is 767 g/mol. The van der Waals surface area contributed by atoms with Gasteiger partial charge in [0.25, 0.3) is 0 Å². The highest BCUT2D eigenvalue weighted by atomic mass is 32.1. The first kappa shape index (κ1) is 36.8. The summed E-state index contributed by atoms with van der Waals surface area (Å²) in [5.41, 5.74) is 21.5. The van der Waals surface area contributed by atoms with Crippen LogP contribution < -0.4 is 4.90 Å². The first-order valence-electron chi connectivity index (χ1n) is 21.8. The Bertz CT molecular complexity index is 3390. The molecule has 2 aliphatic carbocycles. The van der Waals surface area contributed by atoms with Gasteiger partial charge in [-0.3, -0.25) is 0 Å². The van der Waals surface area contributed by atoms with E-state index in [2.05, 4.69) is 233 Å². The van der Waals surface area contributed by atoms with Gasteiger partial charge in [-0.2, -0.15) is 0 Å². The Hall–Kier alpha value is -7.00. The molecule has 0 bridgehead atoms. The van der Waals surface area contributed by atoms with Gasteiger partial charge in [0, 0.05) is 42.4 Å². The molecule has 2 aliphatic rings. The number of rotatable bonds is 6. The molecule has 9 aromatic carbocycles. The standard InChI is InChI=1S/C60H45NS/c1-59(2)53-35-29-41(36-51(53)47-34-28-42(37-54(47)59)38-14-6-5-7-15-38)39-24-30-43(31-25-39)61(55-22-13-19-49-46-16-8-10-21-52(46)60(3,4)57(49)55)44-32-26-40(27-33-44)45-18-12-20-50-48-17-9-11-23-56(48)62-58(45)50/h5-37H,1-4H3. The number of hydrogen-bond acceptors (Lipinski definition) is 2. The van der Waals surface area contributed by atoms with Crippen molar-refractivity contribution in [2.24, 2.45) is 0 Å². The van der Waals surface area contributed by atoms with Gasteiger partial charge in [-0.25, -0.2) is 0 Å². The monoisotopic (exact) mass is 811 g/mol. The predicted molar refractivity (Wildman–Crippen MR) is 265 cm³/mol. The average molecular weight is 812 g/mol. The maximum absolute atomic E-state index is 2.48. The van der Waals surface area contributed by atoms with Crippen LogP contribution in [0.5, 0.6) is 0 Å². The molecule has 0 atom stereocenters. The Balaban J connectivity index is 0.955. The number of fused-ring (bicyclic) bond motifs is 9. The van der Waals surface area contributed by atoms with Crippen molar-refractivity contribution in [3.8, 4) is 55.6 Å². The number of thiophene rings is 1. The lowest BCUT2D eigenvalue weighted by Gasteiger charge is -2.32. The molecule has 62 heavy (non-hydrogen) atoms. The molecular formula is C60H45NS. The van der Waals surface area contributed by atoms with Gasteiger partial charge in [0.2, 0.25) is 0 Å². The van der Waals surface area contributed by atoms with E-state index in [1.165, 1.54) is 104 Å². The minimum Gasteiger partial charge on any atom is -0.310 e. The normalized spacial score (nSPS) is 14.1.